The summed E-state index contributed by atoms with van der Waals surface area (Å²) in [5, 5.41) is 8.45. The van der Waals surface area contributed by atoms with Crippen molar-refractivity contribution >= 4 is 45.2 Å². The number of halogens is 1. The lowest BCUT2D eigenvalue weighted by molar-refractivity contribution is 0.0211. The quantitative estimate of drug-likeness (QED) is 0.319. The van der Waals surface area contributed by atoms with Crippen LogP contribution < -0.4 is 15.4 Å². The molecule has 6 rings (SSSR count). The summed E-state index contributed by atoms with van der Waals surface area (Å²) in [7, 11) is 2.02. The third kappa shape index (κ3) is 4.58. The molecule has 9 heteroatoms. The topological polar surface area (TPSA) is 86.1 Å². The molecule has 1 aliphatic heterocycles. The summed E-state index contributed by atoms with van der Waals surface area (Å²) in [6.07, 6.45) is 1.73. The van der Waals surface area contributed by atoms with Gasteiger partial charge in [0.2, 0.25) is 5.95 Å². The number of anilines is 2. The van der Waals surface area contributed by atoms with Crippen LogP contribution in [0.1, 0.15) is 5.56 Å². The molecule has 176 valence electrons. The lowest BCUT2D eigenvalue weighted by atomic mass is 10.2. The summed E-state index contributed by atoms with van der Waals surface area (Å²) in [5.74, 6) is 1.47. The third-order valence-electron chi connectivity index (χ3n) is 6.00. The van der Waals surface area contributed by atoms with Crippen molar-refractivity contribution in [2.24, 2.45) is 7.05 Å². The van der Waals surface area contributed by atoms with Crippen molar-refractivity contribution in [1.29, 1.82) is 0 Å². The van der Waals surface area contributed by atoms with Gasteiger partial charge in [-0.2, -0.15) is 4.98 Å². The maximum absolute atomic E-state index is 6.07. The van der Waals surface area contributed by atoms with Crippen LogP contribution >= 0.6 is 11.6 Å². The van der Waals surface area contributed by atoms with Crippen LogP contribution in [0.4, 0.5) is 11.6 Å². The number of ether oxygens (including phenoxy) is 2. The Kier molecular flexibility index (Phi) is 5.60. The molecule has 1 fully saturated rings. The van der Waals surface area contributed by atoms with E-state index in [0.29, 0.717) is 23.4 Å². The Morgan fingerprint density at radius 2 is 1.89 bits per heavy atom. The molecule has 0 unspecified atom stereocenters. The molecule has 2 N–H and O–H groups in total. The Morgan fingerprint density at radius 1 is 1.03 bits per heavy atom. The van der Waals surface area contributed by atoms with Crippen molar-refractivity contribution < 1.29 is 9.47 Å². The molecular weight excluding hydrogens is 464 g/mol. The summed E-state index contributed by atoms with van der Waals surface area (Å²) < 4.78 is 13.2. The zero-order valence-corrected chi connectivity index (χ0v) is 19.8. The van der Waals surface area contributed by atoms with Gasteiger partial charge >= 0.3 is 6.01 Å². The first kappa shape index (κ1) is 21.6. The van der Waals surface area contributed by atoms with Gasteiger partial charge in [-0.15, -0.1) is 0 Å². The molecule has 2 aromatic heterocycles. The highest BCUT2D eigenvalue weighted by atomic mass is 35.5. The van der Waals surface area contributed by atoms with Crippen LogP contribution in [0.15, 0.2) is 66.9 Å². The standard InChI is InChI=1S/C26H23ClN6O2/c1-33-24-11-19(30-20-14-34-15-20)6-9-22(24)31-25(33)28-12-16-2-7-21(8-3-16)35-26-29-13-17-4-5-18(27)10-23(17)32-26/h2-11,13,20,30H,12,14-15H2,1H3,(H,28,31). The Balaban J connectivity index is 1.11. The smallest absolute Gasteiger partial charge is 0.322 e. The number of aryl methyl sites for hydroxylation is 1. The fraction of sp³-hybridized carbons (Fsp3) is 0.192. The average Bonchev–Trinajstić information content (AvgIpc) is 3.15. The van der Waals surface area contributed by atoms with Gasteiger partial charge in [0.25, 0.3) is 0 Å². The highest BCUT2D eigenvalue weighted by molar-refractivity contribution is 6.31. The molecule has 8 nitrogen and oxygen atoms in total. The number of fused-ring (bicyclic) bond motifs is 2. The van der Waals surface area contributed by atoms with Gasteiger partial charge < -0.3 is 24.7 Å². The van der Waals surface area contributed by atoms with E-state index in [-0.39, 0.29) is 6.01 Å². The lowest BCUT2D eigenvalue weighted by Gasteiger charge is -2.27. The molecule has 0 radical (unpaired) electrons. The number of nitrogens with zero attached hydrogens (tertiary/aromatic N) is 4. The number of hydrogen-bond donors (Lipinski definition) is 2. The molecule has 1 saturated heterocycles. The van der Waals surface area contributed by atoms with E-state index in [4.69, 9.17) is 26.1 Å². The van der Waals surface area contributed by atoms with E-state index in [0.717, 1.165) is 52.3 Å². The van der Waals surface area contributed by atoms with Crippen LogP contribution in [0.3, 0.4) is 0 Å². The molecule has 0 saturated carbocycles. The fourth-order valence-corrected chi connectivity index (χ4v) is 4.15. The van der Waals surface area contributed by atoms with Gasteiger partial charge in [-0.1, -0.05) is 23.7 Å². The number of hydrogen-bond acceptors (Lipinski definition) is 7. The van der Waals surface area contributed by atoms with Crippen molar-refractivity contribution in [2.75, 3.05) is 23.8 Å². The van der Waals surface area contributed by atoms with Crippen molar-refractivity contribution in [1.82, 2.24) is 19.5 Å². The van der Waals surface area contributed by atoms with E-state index in [9.17, 15) is 0 Å². The summed E-state index contributed by atoms with van der Waals surface area (Å²) in [4.78, 5) is 13.5. The minimum atomic E-state index is 0.282. The Bertz CT molecular complexity index is 1510. The monoisotopic (exact) mass is 486 g/mol. The van der Waals surface area contributed by atoms with Crippen molar-refractivity contribution in [3.63, 3.8) is 0 Å². The molecule has 0 aliphatic carbocycles. The van der Waals surface area contributed by atoms with Gasteiger partial charge in [0, 0.05) is 35.9 Å². The van der Waals surface area contributed by atoms with Crippen LogP contribution in [0.25, 0.3) is 21.9 Å². The van der Waals surface area contributed by atoms with E-state index in [2.05, 4.69) is 37.3 Å². The van der Waals surface area contributed by atoms with Crippen molar-refractivity contribution in [2.45, 2.75) is 12.6 Å². The predicted molar refractivity (Wildman–Crippen MR) is 137 cm³/mol. The normalized spacial score (nSPS) is 13.7. The Morgan fingerprint density at radius 3 is 2.69 bits per heavy atom. The minimum absolute atomic E-state index is 0.282. The maximum Gasteiger partial charge on any atom is 0.322 e. The molecule has 35 heavy (non-hydrogen) atoms. The number of rotatable bonds is 7. The minimum Gasteiger partial charge on any atom is -0.424 e. The zero-order chi connectivity index (χ0) is 23.8. The van der Waals surface area contributed by atoms with Gasteiger partial charge in [0.15, 0.2) is 0 Å². The summed E-state index contributed by atoms with van der Waals surface area (Å²) >= 11 is 6.07. The second-order valence-corrected chi connectivity index (χ2v) is 8.97. The second-order valence-electron chi connectivity index (χ2n) is 8.53. The first-order valence-electron chi connectivity index (χ1n) is 11.3. The van der Waals surface area contributed by atoms with E-state index in [1.165, 1.54) is 0 Å². The van der Waals surface area contributed by atoms with Crippen LogP contribution in [0.2, 0.25) is 5.02 Å². The van der Waals surface area contributed by atoms with E-state index < -0.39 is 0 Å². The van der Waals surface area contributed by atoms with Gasteiger partial charge in [-0.3, -0.25) is 0 Å². The number of nitrogens with one attached hydrogen (secondary N) is 2. The van der Waals surface area contributed by atoms with Crippen LogP contribution in [-0.4, -0.2) is 38.8 Å². The molecule has 0 bridgehead atoms. The Labute approximate surface area is 206 Å². The van der Waals surface area contributed by atoms with Crippen LogP contribution in [0, 0.1) is 0 Å². The van der Waals surface area contributed by atoms with E-state index in [1.54, 1.807) is 12.3 Å². The van der Waals surface area contributed by atoms with Crippen molar-refractivity contribution in [3.8, 4) is 11.8 Å². The highest BCUT2D eigenvalue weighted by Gasteiger charge is 2.18. The molecule has 1 aliphatic rings. The molecule has 5 aromatic rings. The van der Waals surface area contributed by atoms with E-state index in [1.807, 2.05) is 49.5 Å². The molecular formula is C26H23ClN6O2. The molecule has 3 heterocycles. The first-order chi connectivity index (χ1) is 17.1. The molecule has 0 atom stereocenters. The highest BCUT2D eigenvalue weighted by Crippen LogP contribution is 2.25. The van der Waals surface area contributed by atoms with Gasteiger partial charge in [-0.05, 0) is 54.1 Å². The molecule has 3 aromatic carbocycles. The number of aromatic nitrogens is 4. The largest absolute Gasteiger partial charge is 0.424 e. The van der Waals surface area contributed by atoms with E-state index >= 15 is 0 Å². The van der Waals surface area contributed by atoms with Gasteiger partial charge in [0.1, 0.15) is 5.75 Å². The van der Waals surface area contributed by atoms with Crippen LogP contribution in [-0.2, 0) is 18.3 Å². The van der Waals surface area contributed by atoms with Crippen LogP contribution in [0.5, 0.6) is 11.8 Å². The molecule has 0 amide bonds. The summed E-state index contributed by atoms with van der Waals surface area (Å²) in [6, 6.07) is 20.2. The SMILES string of the molecule is Cn1c(NCc2ccc(Oc3ncc4ccc(Cl)cc4n3)cc2)nc2ccc(NC3COC3)cc21. The second kappa shape index (κ2) is 9.05. The van der Waals surface area contributed by atoms with Crippen molar-refractivity contribution in [3.05, 3.63) is 77.4 Å². The molecule has 0 spiro atoms. The summed E-state index contributed by atoms with van der Waals surface area (Å²) in [6.45, 7) is 2.14. The fourth-order valence-electron chi connectivity index (χ4n) is 3.98. The number of benzene rings is 3. The Hall–Kier alpha value is -3.88. The summed E-state index contributed by atoms with van der Waals surface area (Å²) in [5.41, 5.74) is 4.94. The first-order valence-corrected chi connectivity index (χ1v) is 11.7. The van der Waals surface area contributed by atoms with Gasteiger partial charge in [0.05, 0.1) is 35.8 Å². The zero-order valence-electron chi connectivity index (χ0n) is 19.0. The number of imidazole rings is 1. The lowest BCUT2D eigenvalue weighted by Crippen LogP contribution is -2.40. The maximum atomic E-state index is 6.07. The third-order valence-corrected chi connectivity index (χ3v) is 6.23. The van der Waals surface area contributed by atoms with Gasteiger partial charge in [-0.25, -0.2) is 9.97 Å². The predicted octanol–water partition coefficient (Wildman–Crippen LogP) is 5.39. The average molecular weight is 487 g/mol.